The second-order valence-electron chi connectivity index (χ2n) is 8.18. The zero-order valence-electron chi connectivity index (χ0n) is 17.8. The van der Waals surface area contributed by atoms with Crippen molar-refractivity contribution in [3.63, 3.8) is 0 Å². The van der Waals surface area contributed by atoms with Crippen LogP contribution >= 0.6 is 0 Å². The van der Waals surface area contributed by atoms with E-state index in [0.717, 1.165) is 24.7 Å². The van der Waals surface area contributed by atoms with Gasteiger partial charge in [0.2, 0.25) is 0 Å². The Bertz CT molecular complexity index is 587. The van der Waals surface area contributed by atoms with Crippen molar-refractivity contribution in [3.05, 3.63) is 29.8 Å². The first-order valence-corrected chi connectivity index (χ1v) is 11.2. The quantitative estimate of drug-likeness (QED) is 0.529. The maximum atomic E-state index is 6.05. The molecule has 5 nitrogen and oxygen atoms in total. The lowest BCUT2D eigenvalue weighted by Gasteiger charge is -2.32. The molecule has 1 aliphatic heterocycles. The fourth-order valence-corrected chi connectivity index (χ4v) is 4.26. The summed E-state index contributed by atoms with van der Waals surface area (Å²) in [5.41, 5.74) is 1.33. The van der Waals surface area contributed by atoms with Crippen molar-refractivity contribution in [3.8, 4) is 5.75 Å². The molecule has 1 aromatic carbocycles. The average molecular weight is 387 g/mol. The topological polar surface area (TPSA) is 48.9 Å². The summed E-state index contributed by atoms with van der Waals surface area (Å²) in [5, 5.41) is 7.07. The van der Waals surface area contributed by atoms with Gasteiger partial charge in [0.1, 0.15) is 5.75 Å². The van der Waals surface area contributed by atoms with E-state index in [1.807, 2.05) is 7.05 Å². The number of aliphatic imine (C=N–C) groups is 1. The van der Waals surface area contributed by atoms with Crippen LogP contribution in [0.4, 0.5) is 0 Å². The minimum atomic E-state index is 0.427. The second kappa shape index (κ2) is 11.3. The molecule has 1 saturated heterocycles. The third-order valence-corrected chi connectivity index (χ3v) is 5.93. The predicted octanol–water partition coefficient (Wildman–Crippen LogP) is 3.59. The molecule has 1 saturated carbocycles. The number of nitrogens with zero attached hydrogens (tertiary/aromatic N) is 2. The van der Waals surface area contributed by atoms with Crippen LogP contribution in [0.2, 0.25) is 0 Å². The molecule has 2 fully saturated rings. The largest absolute Gasteiger partial charge is 0.490 e. The summed E-state index contributed by atoms with van der Waals surface area (Å²) in [6.45, 7) is 6.75. The first-order valence-electron chi connectivity index (χ1n) is 11.2. The highest BCUT2D eigenvalue weighted by Gasteiger charge is 2.19. The molecule has 3 rings (SSSR count). The van der Waals surface area contributed by atoms with Gasteiger partial charge in [0.25, 0.3) is 0 Å². The Morgan fingerprint density at radius 3 is 2.46 bits per heavy atom. The molecule has 0 aromatic heterocycles. The molecule has 28 heavy (non-hydrogen) atoms. The average Bonchev–Trinajstić information content (AvgIpc) is 3.23. The maximum absolute atomic E-state index is 6.05. The van der Waals surface area contributed by atoms with Crippen LogP contribution < -0.4 is 15.4 Å². The molecule has 156 valence electrons. The van der Waals surface area contributed by atoms with E-state index in [2.05, 4.69) is 51.7 Å². The molecule has 0 amide bonds. The Labute approximate surface area is 170 Å². The van der Waals surface area contributed by atoms with Crippen LogP contribution in [0.5, 0.6) is 5.75 Å². The minimum absolute atomic E-state index is 0.427. The van der Waals surface area contributed by atoms with E-state index >= 15 is 0 Å². The fourth-order valence-electron chi connectivity index (χ4n) is 4.26. The Morgan fingerprint density at radius 1 is 1.11 bits per heavy atom. The van der Waals surface area contributed by atoms with Gasteiger partial charge in [-0.2, -0.15) is 0 Å². The minimum Gasteiger partial charge on any atom is -0.490 e. The van der Waals surface area contributed by atoms with E-state index in [1.165, 1.54) is 70.1 Å². The van der Waals surface area contributed by atoms with Gasteiger partial charge in [0, 0.05) is 32.7 Å². The number of benzene rings is 1. The van der Waals surface area contributed by atoms with E-state index in [0.29, 0.717) is 12.1 Å². The summed E-state index contributed by atoms with van der Waals surface area (Å²) in [6, 6.07) is 9.14. The summed E-state index contributed by atoms with van der Waals surface area (Å²) in [5.74, 6) is 1.94. The zero-order valence-corrected chi connectivity index (χ0v) is 17.8. The number of hydrogen-bond donors (Lipinski definition) is 2. The molecule has 1 aromatic rings. The van der Waals surface area contributed by atoms with Crippen molar-refractivity contribution in [1.82, 2.24) is 15.5 Å². The van der Waals surface area contributed by atoms with E-state index in [9.17, 15) is 0 Å². The molecule has 1 aliphatic carbocycles. The SMILES string of the molecule is CCCN1CCC(NC(=NC)NCCc2ccc(OC3CCCC3)cc2)CC1. The molecule has 0 bridgehead atoms. The highest BCUT2D eigenvalue weighted by atomic mass is 16.5. The zero-order chi connectivity index (χ0) is 19.6. The molecule has 2 N–H and O–H groups in total. The highest BCUT2D eigenvalue weighted by molar-refractivity contribution is 5.79. The molecule has 5 heteroatoms. The third-order valence-electron chi connectivity index (χ3n) is 5.93. The van der Waals surface area contributed by atoms with Gasteiger partial charge in [0.05, 0.1) is 6.10 Å². The van der Waals surface area contributed by atoms with Crippen molar-refractivity contribution in [2.45, 2.75) is 70.4 Å². The Hall–Kier alpha value is -1.75. The first-order chi connectivity index (χ1) is 13.8. The molecular weight excluding hydrogens is 348 g/mol. The Morgan fingerprint density at radius 2 is 1.82 bits per heavy atom. The molecule has 0 atom stereocenters. The standard InChI is InChI=1S/C23H38N4O/c1-3-16-27-17-13-20(14-18-27)26-23(24-2)25-15-12-19-8-10-22(11-9-19)28-21-6-4-5-7-21/h8-11,20-21H,3-7,12-18H2,1-2H3,(H2,24,25,26). The monoisotopic (exact) mass is 386 g/mol. The Kier molecular flexibility index (Phi) is 8.46. The number of rotatable bonds is 8. The van der Waals surface area contributed by atoms with Crippen LogP contribution in [0.3, 0.4) is 0 Å². The van der Waals surface area contributed by atoms with E-state index in [1.54, 1.807) is 0 Å². The number of hydrogen-bond acceptors (Lipinski definition) is 3. The van der Waals surface area contributed by atoms with Crippen LogP contribution in [-0.2, 0) is 6.42 Å². The van der Waals surface area contributed by atoms with Gasteiger partial charge in [-0.25, -0.2) is 0 Å². The molecule has 1 heterocycles. The molecule has 0 spiro atoms. The lowest BCUT2D eigenvalue weighted by Crippen LogP contribution is -2.49. The third kappa shape index (κ3) is 6.69. The lowest BCUT2D eigenvalue weighted by molar-refractivity contribution is 0.206. The number of likely N-dealkylation sites (tertiary alicyclic amines) is 1. The summed E-state index contributed by atoms with van der Waals surface area (Å²) >= 11 is 0. The molecular formula is C23H38N4O. The van der Waals surface area contributed by atoms with Crippen LogP contribution in [-0.4, -0.2) is 56.2 Å². The normalized spacial score (nSPS) is 19.7. The summed E-state index contributed by atoms with van der Waals surface area (Å²) < 4.78 is 6.05. The molecule has 2 aliphatic rings. The summed E-state index contributed by atoms with van der Waals surface area (Å²) in [7, 11) is 1.86. The first kappa shape index (κ1) is 21.0. The van der Waals surface area contributed by atoms with Gasteiger partial charge >= 0.3 is 0 Å². The van der Waals surface area contributed by atoms with Gasteiger partial charge in [-0.1, -0.05) is 19.1 Å². The molecule has 0 radical (unpaired) electrons. The van der Waals surface area contributed by atoms with Gasteiger partial charge in [-0.05, 0) is 75.6 Å². The van der Waals surface area contributed by atoms with E-state index in [4.69, 9.17) is 4.74 Å². The fraction of sp³-hybridized carbons (Fsp3) is 0.696. The van der Waals surface area contributed by atoms with Gasteiger partial charge in [-0.3, -0.25) is 4.99 Å². The van der Waals surface area contributed by atoms with Gasteiger partial charge < -0.3 is 20.3 Å². The number of guanidine groups is 1. The van der Waals surface area contributed by atoms with E-state index < -0.39 is 0 Å². The summed E-state index contributed by atoms with van der Waals surface area (Å²) in [6.07, 6.45) is 10.1. The number of piperidine rings is 1. The molecule has 0 unspecified atom stereocenters. The maximum Gasteiger partial charge on any atom is 0.191 e. The number of nitrogens with one attached hydrogen (secondary N) is 2. The van der Waals surface area contributed by atoms with Crippen LogP contribution in [0.15, 0.2) is 29.3 Å². The lowest BCUT2D eigenvalue weighted by atomic mass is 10.1. The van der Waals surface area contributed by atoms with Crippen molar-refractivity contribution < 1.29 is 4.74 Å². The summed E-state index contributed by atoms with van der Waals surface area (Å²) in [4.78, 5) is 6.96. The van der Waals surface area contributed by atoms with Gasteiger partial charge in [-0.15, -0.1) is 0 Å². The van der Waals surface area contributed by atoms with E-state index in [-0.39, 0.29) is 0 Å². The van der Waals surface area contributed by atoms with Crippen LogP contribution in [0.25, 0.3) is 0 Å². The number of ether oxygens (including phenoxy) is 1. The smallest absolute Gasteiger partial charge is 0.191 e. The highest BCUT2D eigenvalue weighted by Crippen LogP contribution is 2.24. The van der Waals surface area contributed by atoms with Crippen molar-refractivity contribution in [2.75, 3.05) is 33.2 Å². The van der Waals surface area contributed by atoms with Gasteiger partial charge in [0.15, 0.2) is 5.96 Å². The van der Waals surface area contributed by atoms with Crippen molar-refractivity contribution >= 4 is 5.96 Å². The van der Waals surface area contributed by atoms with Crippen LogP contribution in [0.1, 0.15) is 57.4 Å². The second-order valence-corrected chi connectivity index (χ2v) is 8.18. The van der Waals surface area contributed by atoms with Crippen LogP contribution in [0, 0.1) is 0 Å². The van der Waals surface area contributed by atoms with Crippen molar-refractivity contribution in [1.29, 1.82) is 0 Å². The van der Waals surface area contributed by atoms with Crippen molar-refractivity contribution in [2.24, 2.45) is 4.99 Å². The predicted molar refractivity (Wildman–Crippen MR) is 117 cm³/mol. The Balaban J connectivity index is 1.35.